The fourth-order valence-corrected chi connectivity index (χ4v) is 1.79. The number of hydrogen-bond donors (Lipinski definition) is 1. The molecule has 0 aliphatic heterocycles. The van der Waals surface area contributed by atoms with Crippen LogP contribution in [-0.2, 0) is 4.84 Å². The molecule has 0 spiro atoms. The van der Waals surface area contributed by atoms with Gasteiger partial charge in [0.05, 0.1) is 11.5 Å². The van der Waals surface area contributed by atoms with Crippen LogP contribution >= 0.6 is 11.3 Å². The van der Waals surface area contributed by atoms with Crippen molar-refractivity contribution in [1.29, 1.82) is 0 Å². The maximum atomic E-state index is 11.4. The molecule has 0 aliphatic carbocycles. The van der Waals surface area contributed by atoms with Gasteiger partial charge in [0.2, 0.25) is 5.76 Å². The van der Waals surface area contributed by atoms with E-state index in [4.69, 9.17) is 9.36 Å². The summed E-state index contributed by atoms with van der Waals surface area (Å²) >= 11 is 1.53. The van der Waals surface area contributed by atoms with Gasteiger partial charge in [0.1, 0.15) is 5.69 Å². The number of nitrogens with one attached hydrogen (secondary N) is 1. The number of aromatic nitrogens is 1. The molecule has 0 unspecified atom stereocenters. The summed E-state index contributed by atoms with van der Waals surface area (Å²) in [4.78, 5) is 17.1. The van der Waals surface area contributed by atoms with Gasteiger partial charge in [-0.1, -0.05) is 11.2 Å². The van der Waals surface area contributed by atoms with Crippen LogP contribution in [0.1, 0.15) is 17.5 Å². The standard InChI is InChI=1S/C10H10N2O3S/c1-2-14-12-10(13)8-6-7(11-15-8)9-4-3-5-16-9/h3-6H,2H2,1H3,(H,12,13). The van der Waals surface area contributed by atoms with E-state index in [2.05, 4.69) is 10.6 Å². The Morgan fingerprint density at radius 1 is 1.69 bits per heavy atom. The number of rotatable bonds is 4. The molecule has 0 saturated heterocycles. The molecule has 2 aromatic heterocycles. The minimum absolute atomic E-state index is 0.136. The van der Waals surface area contributed by atoms with Crippen molar-refractivity contribution in [3.05, 3.63) is 29.3 Å². The monoisotopic (exact) mass is 238 g/mol. The van der Waals surface area contributed by atoms with Crippen LogP contribution < -0.4 is 5.48 Å². The van der Waals surface area contributed by atoms with Gasteiger partial charge in [0.25, 0.3) is 0 Å². The first kappa shape index (κ1) is 10.8. The maximum Gasteiger partial charge on any atom is 0.313 e. The van der Waals surface area contributed by atoms with Crippen LogP contribution in [0, 0.1) is 0 Å². The van der Waals surface area contributed by atoms with Gasteiger partial charge in [0.15, 0.2) is 0 Å². The normalized spacial score (nSPS) is 10.3. The van der Waals surface area contributed by atoms with Crippen LogP contribution in [0.25, 0.3) is 10.6 Å². The second kappa shape index (κ2) is 4.91. The molecule has 0 atom stereocenters. The van der Waals surface area contributed by atoms with Crippen LogP contribution in [-0.4, -0.2) is 17.7 Å². The highest BCUT2D eigenvalue weighted by Crippen LogP contribution is 2.23. The molecule has 84 valence electrons. The van der Waals surface area contributed by atoms with Crippen LogP contribution in [0.2, 0.25) is 0 Å². The molecule has 0 aromatic carbocycles. The first-order valence-electron chi connectivity index (χ1n) is 4.74. The van der Waals surface area contributed by atoms with E-state index in [1.807, 2.05) is 17.5 Å². The molecule has 0 aliphatic rings. The molecule has 0 radical (unpaired) electrons. The van der Waals surface area contributed by atoms with Gasteiger partial charge in [-0.2, -0.15) is 0 Å². The number of carbonyl (C=O) groups is 1. The van der Waals surface area contributed by atoms with Crippen LogP contribution in [0.5, 0.6) is 0 Å². The lowest BCUT2D eigenvalue weighted by atomic mass is 10.3. The molecule has 5 nitrogen and oxygen atoms in total. The van der Waals surface area contributed by atoms with E-state index in [1.165, 1.54) is 11.3 Å². The van der Waals surface area contributed by atoms with Crippen molar-refractivity contribution in [3.8, 4) is 10.6 Å². The van der Waals surface area contributed by atoms with E-state index in [1.54, 1.807) is 13.0 Å². The van der Waals surface area contributed by atoms with E-state index in [-0.39, 0.29) is 5.76 Å². The zero-order valence-electron chi connectivity index (χ0n) is 8.60. The van der Waals surface area contributed by atoms with Crippen LogP contribution in [0.3, 0.4) is 0 Å². The van der Waals surface area contributed by atoms with Crippen LogP contribution in [0.15, 0.2) is 28.1 Å². The maximum absolute atomic E-state index is 11.4. The third kappa shape index (κ3) is 2.29. The summed E-state index contributed by atoms with van der Waals surface area (Å²) in [6.07, 6.45) is 0. The van der Waals surface area contributed by atoms with Gasteiger partial charge in [-0.15, -0.1) is 11.3 Å². The highest BCUT2D eigenvalue weighted by Gasteiger charge is 2.14. The van der Waals surface area contributed by atoms with E-state index >= 15 is 0 Å². The Morgan fingerprint density at radius 2 is 2.56 bits per heavy atom. The summed E-state index contributed by atoms with van der Waals surface area (Å²) in [5, 5.41) is 5.74. The van der Waals surface area contributed by atoms with Crippen molar-refractivity contribution >= 4 is 17.2 Å². The van der Waals surface area contributed by atoms with Gasteiger partial charge in [0, 0.05) is 6.07 Å². The van der Waals surface area contributed by atoms with E-state index in [0.717, 1.165) is 4.88 Å². The minimum Gasteiger partial charge on any atom is -0.350 e. The molecule has 0 saturated carbocycles. The summed E-state index contributed by atoms with van der Waals surface area (Å²) in [5.74, 6) is -0.297. The molecule has 6 heteroatoms. The zero-order chi connectivity index (χ0) is 11.4. The highest BCUT2D eigenvalue weighted by atomic mass is 32.1. The molecule has 0 fully saturated rings. The molecule has 2 heterocycles. The topological polar surface area (TPSA) is 64.4 Å². The lowest BCUT2D eigenvalue weighted by Crippen LogP contribution is -2.22. The Morgan fingerprint density at radius 3 is 3.25 bits per heavy atom. The molecule has 0 bridgehead atoms. The summed E-state index contributed by atoms with van der Waals surface area (Å²) in [6.45, 7) is 2.18. The quantitative estimate of drug-likeness (QED) is 0.828. The third-order valence-electron chi connectivity index (χ3n) is 1.82. The van der Waals surface area contributed by atoms with E-state index in [9.17, 15) is 4.79 Å². The molecule has 1 N–H and O–H groups in total. The fraction of sp³-hybridized carbons (Fsp3) is 0.200. The minimum atomic E-state index is -0.433. The lowest BCUT2D eigenvalue weighted by Gasteiger charge is -1.98. The van der Waals surface area contributed by atoms with Gasteiger partial charge in [-0.3, -0.25) is 9.63 Å². The lowest BCUT2D eigenvalue weighted by molar-refractivity contribution is 0.0334. The molecular formula is C10H10N2O3S. The average molecular weight is 238 g/mol. The Kier molecular flexibility index (Phi) is 3.33. The van der Waals surface area contributed by atoms with Gasteiger partial charge >= 0.3 is 5.91 Å². The Balaban J connectivity index is 2.11. The summed E-state index contributed by atoms with van der Waals surface area (Å²) in [5.41, 5.74) is 2.89. The number of hydroxylamine groups is 1. The summed E-state index contributed by atoms with van der Waals surface area (Å²) < 4.78 is 4.91. The number of thiophene rings is 1. The molecular weight excluding hydrogens is 228 g/mol. The number of hydrogen-bond acceptors (Lipinski definition) is 5. The molecule has 1 amide bonds. The first-order valence-corrected chi connectivity index (χ1v) is 5.62. The van der Waals surface area contributed by atoms with Crippen molar-refractivity contribution in [2.75, 3.05) is 6.61 Å². The highest BCUT2D eigenvalue weighted by molar-refractivity contribution is 7.13. The SMILES string of the molecule is CCONC(=O)c1cc(-c2cccs2)no1. The smallest absolute Gasteiger partial charge is 0.313 e. The van der Waals surface area contributed by atoms with Gasteiger partial charge in [-0.25, -0.2) is 5.48 Å². The van der Waals surface area contributed by atoms with Crippen LogP contribution in [0.4, 0.5) is 0 Å². The van der Waals surface area contributed by atoms with Crippen molar-refractivity contribution in [2.24, 2.45) is 0 Å². The van der Waals surface area contributed by atoms with E-state index in [0.29, 0.717) is 12.3 Å². The Bertz CT molecular complexity index is 464. The van der Waals surface area contributed by atoms with Crippen molar-refractivity contribution in [2.45, 2.75) is 6.92 Å². The van der Waals surface area contributed by atoms with Gasteiger partial charge < -0.3 is 4.52 Å². The predicted octanol–water partition coefficient (Wildman–Crippen LogP) is 2.08. The number of amides is 1. The number of nitrogens with zero attached hydrogens (tertiary/aromatic N) is 1. The second-order valence-corrected chi connectivity index (χ2v) is 3.87. The third-order valence-corrected chi connectivity index (χ3v) is 2.71. The summed E-state index contributed by atoms with van der Waals surface area (Å²) in [6, 6.07) is 5.40. The molecule has 16 heavy (non-hydrogen) atoms. The van der Waals surface area contributed by atoms with Gasteiger partial charge in [-0.05, 0) is 18.4 Å². The zero-order valence-corrected chi connectivity index (χ0v) is 9.41. The Hall–Kier alpha value is -1.66. The first-order chi connectivity index (χ1) is 7.81. The number of carbonyl (C=O) groups excluding carboxylic acids is 1. The molecule has 2 rings (SSSR count). The van der Waals surface area contributed by atoms with Crippen molar-refractivity contribution in [3.63, 3.8) is 0 Å². The Labute approximate surface area is 96.0 Å². The molecule has 2 aromatic rings. The van der Waals surface area contributed by atoms with Crippen molar-refractivity contribution in [1.82, 2.24) is 10.6 Å². The van der Waals surface area contributed by atoms with Crippen molar-refractivity contribution < 1.29 is 14.2 Å². The van der Waals surface area contributed by atoms with E-state index < -0.39 is 5.91 Å². The summed E-state index contributed by atoms with van der Waals surface area (Å²) in [7, 11) is 0. The average Bonchev–Trinajstić information content (AvgIpc) is 2.94. The fourth-order valence-electron chi connectivity index (χ4n) is 1.11. The predicted molar refractivity (Wildman–Crippen MR) is 58.9 cm³/mol. The largest absolute Gasteiger partial charge is 0.350 e. The second-order valence-electron chi connectivity index (χ2n) is 2.92.